The molecule has 0 aromatic heterocycles. The monoisotopic (exact) mass is 317 g/mol. The minimum absolute atomic E-state index is 0.328. The van der Waals surface area contributed by atoms with E-state index in [4.69, 9.17) is 11.6 Å². The summed E-state index contributed by atoms with van der Waals surface area (Å²) in [5, 5.41) is 10.2. The molecule has 2 nitrogen and oxygen atoms in total. The summed E-state index contributed by atoms with van der Waals surface area (Å²) in [6, 6.07) is 20.8. The number of hydrogen-bond acceptors (Lipinski definition) is 2. The summed E-state index contributed by atoms with van der Waals surface area (Å²) < 4.78 is 0. The second kappa shape index (κ2) is 9.62. The summed E-state index contributed by atoms with van der Waals surface area (Å²) in [4.78, 5) is 2.30. The first-order chi connectivity index (χ1) is 10.8. The van der Waals surface area contributed by atoms with Gasteiger partial charge in [-0.15, -0.1) is 11.6 Å². The van der Waals surface area contributed by atoms with Crippen LogP contribution in [0.1, 0.15) is 24.0 Å². The minimum Gasteiger partial charge on any atom is -0.392 e. The first kappa shape index (κ1) is 17.0. The Morgan fingerprint density at radius 2 is 1.36 bits per heavy atom. The van der Waals surface area contributed by atoms with E-state index in [0.29, 0.717) is 12.4 Å². The molecule has 1 atom stereocenters. The summed E-state index contributed by atoms with van der Waals surface area (Å²) in [6.07, 6.45) is 1.28. The molecular formula is C19H24ClNO. The number of halogens is 1. The first-order valence-electron chi connectivity index (χ1n) is 7.82. The molecule has 0 saturated carbocycles. The zero-order chi connectivity index (χ0) is 15.6. The van der Waals surface area contributed by atoms with Crippen molar-refractivity contribution in [3.8, 4) is 0 Å². The highest BCUT2D eigenvalue weighted by Crippen LogP contribution is 2.12. The molecular weight excluding hydrogens is 294 g/mol. The Labute approximate surface area is 138 Å². The minimum atomic E-state index is -0.328. The fourth-order valence-electron chi connectivity index (χ4n) is 2.57. The van der Waals surface area contributed by atoms with Gasteiger partial charge in [0, 0.05) is 25.5 Å². The van der Waals surface area contributed by atoms with Crippen LogP contribution in [0.3, 0.4) is 0 Å². The Balaban J connectivity index is 1.99. The number of nitrogens with zero attached hydrogens (tertiary/aromatic N) is 1. The average Bonchev–Trinajstić information content (AvgIpc) is 2.55. The fraction of sp³-hybridized carbons (Fsp3) is 0.368. The van der Waals surface area contributed by atoms with Crippen molar-refractivity contribution in [3.05, 3.63) is 71.8 Å². The Morgan fingerprint density at radius 3 is 1.82 bits per heavy atom. The van der Waals surface area contributed by atoms with Gasteiger partial charge in [0.05, 0.1) is 6.10 Å². The molecule has 0 aliphatic rings. The van der Waals surface area contributed by atoms with Crippen LogP contribution in [0, 0.1) is 0 Å². The van der Waals surface area contributed by atoms with Crippen molar-refractivity contribution < 1.29 is 5.11 Å². The van der Waals surface area contributed by atoms with Crippen LogP contribution in [0.4, 0.5) is 0 Å². The molecule has 0 aliphatic carbocycles. The second-order valence-electron chi connectivity index (χ2n) is 5.63. The molecule has 0 aliphatic heterocycles. The largest absolute Gasteiger partial charge is 0.392 e. The van der Waals surface area contributed by atoms with Gasteiger partial charge < -0.3 is 5.11 Å². The van der Waals surface area contributed by atoms with Crippen molar-refractivity contribution in [2.45, 2.75) is 32.0 Å². The number of benzene rings is 2. The van der Waals surface area contributed by atoms with E-state index in [0.717, 1.165) is 25.9 Å². The van der Waals surface area contributed by atoms with Crippen LogP contribution in [0.25, 0.3) is 0 Å². The van der Waals surface area contributed by atoms with E-state index in [9.17, 15) is 5.11 Å². The topological polar surface area (TPSA) is 23.5 Å². The van der Waals surface area contributed by atoms with Gasteiger partial charge >= 0.3 is 0 Å². The number of rotatable bonds is 9. The molecule has 0 bridgehead atoms. The predicted molar refractivity (Wildman–Crippen MR) is 93.0 cm³/mol. The summed E-state index contributed by atoms with van der Waals surface area (Å²) in [5.74, 6) is 0.606. The SMILES string of the molecule is O[C@H](CCCCl)CN(Cc1ccccc1)Cc1ccccc1. The molecule has 0 heterocycles. The van der Waals surface area contributed by atoms with Crippen LogP contribution in [0.2, 0.25) is 0 Å². The van der Waals surface area contributed by atoms with E-state index in [1.54, 1.807) is 0 Å². The van der Waals surface area contributed by atoms with Crippen molar-refractivity contribution in [1.82, 2.24) is 4.90 Å². The molecule has 0 radical (unpaired) electrons. The van der Waals surface area contributed by atoms with Crippen LogP contribution in [0.5, 0.6) is 0 Å². The summed E-state index contributed by atoms with van der Waals surface area (Å²) >= 11 is 5.72. The third-order valence-corrected chi connectivity index (χ3v) is 3.91. The van der Waals surface area contributed by atoms with Crippen LogP contribution in [0.15, 0.2) is 60.7 Å². The number of aliphatic hydroxyl groups is 1. The second-order valence-corrected chi connectivity index (χ2v) is 6.00. The Morgan fingerprint density at radius 1 is 0.864 bits per heavy atom. The molecule has 118 valence electrons. The number of alkyl halides is 1. The molecule has 2 aromatic carbocycles. The van der Waals surface area contributed by atoms with Gasteiger partial charge in [0.25, 0.3) is 0 Å². The number of hydrogen-bond donors (Lipinski definition) is 1. The van der Waals surface area contributed by atoms with Gasteiger partial charge in [-0.1, -0.05) is 60.7 Å². The van der Waals surface area contributed by atoms with E-state index in [-0.39, 0.29) is 6.10 Å². The van der Waals surface area contributed by atoms with Crippen LogP contribution >= 0.6 is 11.6 Å². The maximum Gasteiger partial charge on any atom is 0.0667 e. The van der Waals surface area contributed by atoms with Crippen LogP contribution < -0.4 is 0 Å². The van der Waals surface area contributed by atoms with Crippen molar-refractivity contribution in [1.29, 1.82) is 0 Å². The standard InChI is InChI=1S/C19H24ClNO/c20-13-7-12-19(22)16-21(14-17-8-3-1-4-9-17)15-18-10-5-2-6-11-18/h1-6,8-11,19,22H,7,12-16H2/t19-/m1/s1. The maximum atomic E-state index is 10.2. The highest BCUT2D eigenvalue weighted by atomic mass is 35.5. The third kappa shape index (κ3) is 6.18. The van der Waals surface area contributed by atoms with E-state index >= 15 is 0 Å². The van der Waals surface area contributed by atoms with Gasteiger partial charge in [-0.05, 0) is 24.0 Å². The average molecular weight is 318 g/mol. The normalized spacial score (nSPS) is 12.5. The molecule has 1 N–H and O–H groups in total. The number of aliphatic hydroxyl groups excluding tert-OH is 1. The highest BCUT2D eigenvalue weighted by molar-refractivity contribution is 6.17. The van der Waals surface area contributed by atoms with Gasteiger partial charge in [-0.3, -0.25) is 4.90 Å². The molecule has 0 spiro atoms. The lowest BCUT2D eigenvalue weighted by atomic mass is 10.1. The van der Waals surface area contributed by atoms with Crippen molar-refractivity contribution >= 4 is 11.6 Å². The molecule has 22 heavy (non-hydrogen) atoms. The van der Waals surface area contributed by atoms with E-state index < -0.39 is 0 Å². The molecule has 2 aromatic rings. The first-order valence-corrected chi connectivity index (χ1v) is 8.35. The van der Waals surface area contributed by atoms with Crippen molar-refractivity contribution in [2.24, 2.45) is 0 Å². The van der Waals surface area contributed by atoms with E-state index in [1.165, 1.54) is 11.1 Å². The maximum absolute atomic E-state index is 10.2. The smallest absolute Gasteiger partial charge is 0.0667 e. The van der Waals surface area contributed by atoms with E-state index in [1.807, 2.05) is 12.1 Å². The molecule has 0 amide bonds. The van der Waals surface area contributed by atoms with Gasteiger partial charge in [0.1, 0.15) is 0 Å². The summed E-state index contributed by atoms with van der Waals surface area (Å²) in [6.45, 7) is 2.35. The molecule has 2 rings (SSSR count). The molecule has 0 saturated heterocycles. The van der Waals surface area contributed by atoms with E-state index in [2.05, 4.69) is 53.4 Å². The zero-order valence-corrected chi connectivity index (χ0v) is 13.6. The lowest BCUT2D eigenvalue weighted by Gasteiger charge is -2.25. The van der Waals surface area contributed by atoms with Crippen LogP contribution in [-0.2, 0) is 13.1 Å². The fourth-order valence-corrected chi connectivity index (χ4v) is 2.72. The predicted octanol–water partition coefficient (Wildman–Crippen LogP) is 4.07. The summed E-state index contributed by atoms with van der Waals surface area (Å²) in [5.41, 5.74) is 2.53. The Kier molecular flexibility index (Phi) is 7.44. The van der Waals surface area contributed by atoms with Gasteiger partial charge in [0.15, 0.2) is 0 Å². The molecule has 0 fully saturated rings. The van der Waals surface area contributed by atoms with Gasteiger partial charge in [-0.2, -0.15) is 0 Å². The zero-order valence-electron chi connectivity index (χ0n) is 12.9. The van der Waals surface area contributed by atoms with Crippen molar-refractivity contribution in [2.75, 3.05) is 12.4 Å². The highest BCUT2D eigenvalue weighted by Gasteiger charge is 2.12. The lowest BCUT2D eigenvalue weighted by molar-refractivity contribution is 0.0972. The van der Waals surface area contributed by atoms with Gasteiger partial charge in [-0.25, -0.2) is 0 Å². The van der Waals surface area contributed by atoms with Crippen molar-refractivity contribution in [3.63, 3.8) is 0 Å². The van der Waals surface area contributed by atoms with Gasteiger partial charge in [0.2, 0.25) is 0 Å². The van der Waals surface area contributed by atoms with Crippen LogP contribution in [-0.4, -0.2) is 28.5 Å². The lowest BCUT2D eigenvalue weighted by Crippen LogP contribution is -2.31. The Bertz CT molecular complexity index is 476. The Hall–Kier alpha value is -1.35. The summed E-state index contributed by atoms with van der Waals surface area (Å²) in [7, 11) is 0. The molecule has 3 heteroatoms. The third-order valence-electron chi connectivity index (χ3n) is 3.64. The molecule has 0 unspecified atom stereocenters. The quantitative estimate of drug-likeness (QED) is 0.705.